The van der Waals surface area contributed by atoms with Crippen LogP contribution in [-0.2, 0) is 16.1 Å². The van der Waals surface area contributed by atoms with E-state index in [1.165, 1.54) is 6.08 Å². The molecule has 0 aliphatic carbocycles. The molecule has 1 atom stereocenters. The third-order valence-corrected chi connectivity index (χ3v) is 4.20. The van der Waals surface area contributed by atoms with E-state index in [1.807, 2.05) is 42.5 Å². The molecule has 0 aliphatic rings. The fraction of sp³-hybridized carbons (Fsp3) is 0.125. The SMILES string of the molecule is C[C@@H](OC(=O)/C=C/c1ccc(OCc2cccnc2)cc1)c1cccc(C#N)c1. The molecule has 3 rings (SSSR count). The van der Waals surface area contributed by atoms with E-state index in [-0.39, 0.29) is 0 Å². The molecule has 1 aromatic heterocycles. The maximum absolute atomic E-state index is 12.1. The van der Waals surface area contributed by atoms with Crippen molar-refractivity contribution in [1.29, 1.82) is 5.26 Å². The van der Waals surface area contributed by atoms with Crippen LogP contribution in [0, 0.1) is 11.3 Å². The number of ether oxygens (including phenoxy) is 2. The van der Waals surface area contributed by atoms with E-state index >= 15 is 0 Å². The number of hydrogen-bond donors (Lipinski definition) is 0. The first-order valence-electron chi connectivity index (χ1n) is 9.14. The highest BCUT2D eigenvalue weighted by Gasteiger charge is 2.10. The number of hydrogen-bond acceptors (Lipinski definition) is 5. The zero-order valence-corrected chi connectivity index (χ0v) is 16.0. The number of carbonyl (C=O) groups is 1. The maximum atomic E-state index is 12.1. The molecule has 0 saturated carbocycles. The predicted molar refractivity (Wildman–Crippen MR) is 110 cm³/mol. The first-order valence-corrected chi connectivity index (χ1v) is 9.14. The van der Waals surface area contributed by atoms with Crippen LogP contribution in [0.25, 0.3) is 6.08 Å². The van der Waals surface area contributed by atoms with Gasteiger partial charge in [-0.2, -0.15) is 5.26 Å². The van der Waals surface area contributed by atoms with Gasteiger partial charge >= 0.3 is 5.97 Å². The minimum absolute atomic E-state index is 0.441. The van der Waals surface area contributed by atoms with Crippen LogP contribution >= 0.6 is 0 Å². The highest BCUT2D eigenvalue weighted by molar-refractivity contribution is 5.87. The number of esters is 1. The van der Waals surface area contributed by atoms with Crippen LogP contribution in [0.2, 0.25) is 0 Å². The zero-order valence-electron chi connectivity index (χ0n) is 16.0. The summed E-state index contributed by atoms with van der Waals surface area (Å²) >= 11 is 0. The minimum Gasteiger partial charge on any atom is -0.489 e. The Kier molecular flexibility index (Phi) is 6.75. The molecular formula is C24H20N2O3. The van der Waals surface area contributed by atoms with Crippen molar-refractivity contribution in [2.24, 2.45) is 0 Å². The molecule has 5 heteroatoms. The zero-order chi connectivity index (χ0) is 20.5. The smallest absolute Gasteiger partial charge is 0.331 e. The molecule has 29 heavy (non-hydrogen) atoms. The third kappa shape index (κ3) is 6.05. The normalized spacial score (nSPS) is 11.6. The van der Waals surface area contributed by atoms with E-state index in [0.29, 0.717) is 12.2 Å². The van der Waals surface area contributed by atoms with Crippen molar-refractivity contribution in [2.45, 2.75) is 19.6 Å². The Hall–Kier alpha value is -3.91. The van der Waals surface area contributed by atoms with Gasteiger partial charge in [0, 0.05) is 24.0 Å². The molecule has 0 amide bonds. The second kappa shape index (κ2) is 9.86. The van der Waals surface area contributed by atoms with Gasteiger partial charge in [-0.15, -0.1) is 0 Å². The lowest BCUT2D eigenvalue weighted by molar-refractivity contribution is -0.142. The van der Waals surface area contributed by atoms with Crippen LogP contribution in [-0.4, -0.2) is 11.0 Å². The molecule has 0 radical (unpaired) electrons. The number of benzene rings is 2. The molecule has 1 heterocycles. The average molecular weight is 384 g/mol. The van der Waals surface area contributed by atoms with Crippen molar-refractivity contribution in [1.82, 2.24) is 4.98 Å². The van der Waals surface area contributed by atoms with Crippen LogP contribution in [0.4, 0.5) is 0 Å². The molecule has 0 aliphatic heterocycles. The Balaban J connectivity index is 1.52. The topological polar surface area (TPSA) is 72.2 Å². The van der Waals surface area contributed by atoms with Crippen molar-refractivity contribution in [3.63, 3.8) is 0 Å². The quantitative estimate of drug-likeness (QED) is 0.430. The minimum atomic E-state index is -0.447. The Labute approximate surface area is 169 Å². The van der Waals surface area contributed by atoms with E-state index in [2.05, 4.69) is 11.1 Å². The highest BCUT2D eigenvalue weighted by Crippen LogP contribution is 2.19. The summed E-state index contributed by atoms with van der Waals surface area (Å²) in [4.78, 5) is 16.1. The van der Waals surface area contributed by atoms with Gasteiger partial charge < -0.3 is 9.47 Å². The molecular weight excluding hydrogens is 364 g/mol. The number of carbonyl (C=O) groups excluding carboxylic acids is 1. The van der Waals surface area contributed by atoms with Gasteiger partial charge in [-0.05, 0) is 54.5 Å². The lowest BCUT2D eigenvalue weighted by Crippen LogP contribution is -2.06. The van der Waals surface area contributed by atoms with Crippen molar-refractivity contribution < 1.29 is 14.3 Å². The number of rotatable bonds is 7. The molecule has 3 aromatic rings. The summed E-state index contributed by atoms with van der Waals surface area (Å²) in [7, 11) is 0. The second-order valence-electron chi connectivity index (χ2n) is 6.37. The van der Waals surface area contributed by atoms with Gasteiger partial charge in [0.1, 0.15) is 18.5 Å². The Morgan fingerprint density at radius 2 is 2.00 bits per heavy atom. The van der Waals surface area contributed by atoms with Crippen LogP contribution in [0.15, 0.2) is 79.1 Å². The summed E-state index contributed by atoms with van der Waals surface area (Å²) in [5.74, 6) is 0.288. The lowest BCUT2D eigenvalue weighted by atomic mass is 10.1. The van der Waals surface area contributed by atoms with Gasteiger partial charge in [-0.25, -0.2) is 4.79 Å². The summed E-state index contributed by atoms with van der Waals surface area (Å²) < 4.78 is 11.1. The molecule has 0 bridgehead atoms. The number of pyridine rings is 1. The van der Waals surface area contributed by atoms with Gasteiger partial charge in [0.25, 0.3) is 0 Å². The van der Waals surface area contributed by atoms with Crippen LogP contribution in [0.5, 0.6) is 5.75 Å². The molecule has 144 valence electrons. The van der Waals surface area contributed by atoms with Crippen LogP contribution in [0.1, 0.15) is 35.3 Å². The Morgan fingerprint density at radius 1 is 1.17 bits per heavy atom. The number of nitrogens with zero attached hydrogens (tertiary/aromatic N) is 2. The summed E-state index contributed by atoms with van der Waals surface area (Å²) in [6.07, 6.45) is 6.12. The third-order valence-electron chi connectivity index (χ3n) is 4.20. The average Bonchev–Trinajstić information content (AvgIpc) is 2.77. The van der Waals surface area contributed by atoms with Crippen LogP contribution in [0.3, 0.4) is 0 Å². The van der Waals surface area contributed by atoms with Crippen molar-refractivity contribution in [3.05, 3.63) is 101 Å². The largest absolute Gasteiger partial charge is 0.489 e. The number of aromatic nitrogens is 1. The van der Waals surface area contributed by atoms with Gasteiger partial charge in [0.05, 0.1) is 11.6 Å². The van der Waals surface area contributed by atoms with Gasteiger partial charge in [0.15, 0.2) is 0 Å². The molecule has 0 fully saturated rings. The van der Waals surface area contributed by atoms with Crippen LogP contribution < -0.4 is 4.74 Å². The maximum Gasteiger partial charge on any atom is 0.331 e. The van der Waals surface area contributed by atoms with Gasteiger partial charge in [0.2, 0.25) is 0 Å². The standard InChI is InChI=1S/C24H20N2O3/c1-18(22-6-2-4-20(14-22)15-25)29-24(27)12-9-19-7-10-23(11-8-19)28-17-21-5-3-13-26-16-21/h2-14,16,18H,17H2,1H3/b12-9+/t18-/m1/s1. The van der Waals surface area contributed by atoms with E-state index in [1.54, 1.807) is 43.6 Å². The summed E-state index contributed by atoms with van der Waals surface area (Å²) in [6.45, 7) is 2.22. The van der Waals surface area contributed by atoms with Gasteiger partial charge in [-0.3, -0.25) is 4.98 Å². The van der Waals surface area contributed by atoms with Gasteiger partial charge in [-0.1, -0.05) is 30.3 Å². The lowest BCUT2D eigenvalue weighted by Gasteiger charge is -2.12. The first kappa shape index (κ1) is 19.8. The molecule has 0 N–H and O–H groups in total. The second-order valence-corrected chi connectivity index (χ2v) is 6.37. The molecule has 0 saturated heterocycles. The first-order chi connectivity index (χ1) is 14.1. The molecule has 0 unspecified atom stereocenters. The molecule has 2 aromatic carbocycles. The van der Waals surface area contributed by atoms with Crippen molar-refractivity contribution in [3.8, 4) is 11.8 Å². The fourth-order valence-corrected chi connectivity index (χ4v) is 2.63. The Morgan fingerprint density at radius 3 is 2.72 bits per heavy atom. The summed E-state index contributed by atoms with van der Waals surface area (Å²) in [6, 6.07) is 20.3. The predicted octanol–water partition coefficient (Wildman–Crippen LogP) is 4.85. The fourth-order valence-electron chi connectivity index (χ4n) is 2.63. The Bertz CT molecular complexity index is 1020. The van der Waals surface area contributed by atoms with Crippen molar-refractivity contribution in [2.75, 3.05) is 0 Å². The molecule has 5 nitrogen and oxygen atoms in total. The highest BCUT2D eigenvalue weighted by atomic mass is 16.5. The summed E-state index contributed by atoms with van der Waals surface area (Å²) in [5, 5.41) is 8.97. The van der Waals surface area contributed by atoms with E-state index in [0.717, 1.165) is 22.4 Å². The molecule has 0 spiro atoms. The monoisotopic (exact) mass is 384 g/mol. The van der Waals surface area contributed by atoms with E-state index in [4.69, 9.17) is 14.7 Å². The van der Waals surface area contributed by atoms with E-state index in [9.17, 15) is 4.79 Å². The van der Waals surface area contributed by atoms with E-state index < -0.39 is 12.1 Å². The summed E-state index contributed by atoms with van der Waals surface area (Å²) in [5.41, 5.74) is 3.16. The van der Waals surface area contributed by atoms with Crippen molar-refractivity contribution >= 4 is 12.0 Å². The number of nitriles is 1.